The number of aliphatic hydroxyl groups is 1. The van der Waals surface area contributed by atoms with E-state index in [-0.39, 0.29) is 0 Å². The molecule has 4 aromatic rings. The molecular formula is C27H24N2O4. The molecule has 0 saturated heterocycles. The quantitative estimate of drug-likeness (QED) is 0.310. The zero-order chi connectivity index (χ0) is 23.0. The Hall–Kier alpha value is -4.16. The van der Waals surface area contributed by atoms with Crippen LogP contribution >= 0.6 is 0 Å². The van der Waals surface area contributed by atoms with E-state index in [4.69, 9.17) is 9.47 Å². The number of ether oxygens (including phenoxy) is 2. The summed E-state index contributed by atoms with van der Waals surface area (Å²) in [6, 6.07) is 28.4. The Balaban J connectivity index is 1.40. The van der Waals surface area contributed by atoms with Crippen molar-refractivity contribution in [1.82, 2.24) is 5.43 Å². The normalized spacial score (nSPS) is 11.9. The van der Waals surface area contributed by atoms with Gasteiger partial charge in [0, 0.05) is 0 Å². The molecule has 0 spiro atoms. The molecule has 4 aromatic carbocycles. The molecule has 0 saturated carbocycles. The van der Waals surface area contributed by atoms with Crippen LogP contribution in [0.2, 0.25) is 0 Å². The van der Waals surface area contributed by atoms with Crippen LogP contribution in [0.25, 0.3) is 10.8 Å². The molecule has 0 unspecified atom stereocenters. The van der Waals surface area contributed by atoms with E-state index >= 15 is 0 Å². The molecule has 0 bridgehead atoms. The number of nitrogens with zero attached hydrogens (tertiary/aromatic N) is 1. The van der Waals surface area contributed by atoms with E-state index in [1.807, 2.05) is 36.4 Å². The summed E-state index contributed by atoms with van der Waals surface area (Å²) in [5.41, 5.74) is 4.64. The number of hydrazone groups is 1. The van der Waals surface area contributed by atoms with Crippen molar-refractivity contribution in [2.45, 2.75) is 12.7 Å². The van der Waals surface area contributed by atoms with E-state index in [1.165, 1.54) is 6.21 Å². The maximum atomic E-state index is 12.1. The number of aliphatic hydroxyl groups excluding tert-OH is 1. The zero-order valence-corrected chi connectivity index (χ0v) is 18.1. The summed E-state index contributed by atoms with van der Waals surface area (Å²) in [5.74, 6) is 0.542. The van der Waals surface area contributed by atoms with Gasteiger partial charge in [-0.25, -0.2) is 5.43 Å². The maximum Gasteiger partial charge on any atom is 0.273 e. The van der Waals surface area contributed by atoms with Crippen LogP contribution in [0.15, 0.2) is 96.1 Å². The number of fused-ring (bicyclic) bond motifs is 1. The monoisotopic (exact) mass is 440 g/mol. The summed E-state index contributed by atoms with van der Waals surface area (Å²) in [6.07, 6.45) is 0.190. The molecule has 1 atom stereocenters. The number of benzene rings is 4. The van der Waals surface area contributed by atoms with Gasteiger partial charge in [-0.1, -0.05) is 72.8 Å². The Morgan fingerprint density at radius 1 is 0.970 bits per heavy atom. The fourth-order valence-electron chi connectivity index (χ4n) is 3.48. The van der Waals surface area contributed by atoms with E-state index < -0.39 is 12.0 Å². The predicted molar refractivity (Wildman–Crippen MR) is 128 cm³/mol. The van der Waals surface area contributed by atoms with Crippen LogP contribution in [-0.4, -0.2) is 24.3 Å². The Morgan fingerprint density at radius 2 is 1.73 bits per heavy atom. The van der Waals surface area contributed by atoms with Gasteiger partial charge in [0.1, 0.15) is 6.61 Å². The lowest BCUT2D eigenvalue weighted by Gasteiger charge is -2.13. The third kappa shape index (κ3) is 5.37. The van der Waals surface area contributed by atoms with Gasteiger partial charge in [-0.2, -0.15) is 5.10 Å². The lowest BCUT2D eigenvalue weighted by Crippen LogP contribution is -2.25. The standard InChI is InChI=1S/C27H24N2O4/c1-32-25-16-19(17-28-29-27(31)26(30)21-9-3-2-4-10-21)14-15-24(25)33-18-22-12-7-11-20-8-5-6-13-23(20)22/h2-17,26,30H,18H2,1H3,(H,29,31)/b28-17-/t26-/m1/s1. The van der Waals surface area contributed by atoms with Gasteiger partial charge in [0.25, 0.3) is 5.91 Å². The fraction of sp³-hybridized carbons (Fsp3) is 0.111. The van der Waals surface area contributed by atoms with Crippen LogP contribution in [0.1, 0.15) is 22.8 Å². The van der Waals surface area contributed by atoms with Crippen LogP contribution in [0.3, 0.4) is 0 Å². The number of carbonyl (C=O) groups is 1. The van der Waals surface area contributed by atoms with E-state index in [2.05, 4.69) is 28.7 Å². The average Bonchev–Trinajstić information content (AvgIpc) is 2.87. The summed E-state index contributed by atoms with van der Waals surface area (Å²) in [5, 5.41) is 16.4. The van der Waals surface area contributed by atoms with Crippen LogP contribution in [0.4, 0.5) is 0 Å². The Morgan fingerprint density at radius 3 is 2.55 bits per heavy atom. The van der Waals surface area contributed by atoms with Gasteiger partial charge in [0.15, 0.2) is 17.6 Å². The molecule has 4 rings (SSSR count). The number of hydrogen-bond donors (Lipinski definition) is 2. The summed E-state index contributed by atoms with van der Waals surface area (Å²) < 4.78 is 11.5. The van der Waals surface area contributed by atoms with Gasteiger partial charge in [0.2, 0.25) is 0 Å². The van der Waals surface area contributed by atoms with Crippen molar-refractivity contribution < 1.29 is 19.4 Å². The van der Waals surface area contributed by atoms with Crippen molar-refractivity contribution in [3.05, 3.63) is 108 Å². The number of methoxy groups -OCH3 is 1. The number of nitrogens with one attached hydrogen (secondary N) is 1. The third-order valence-electron chi connectivity index (χ3n) is 5.20. The topological polar surface area (TPSA) is 80.2 Å². The number of amides is 1. The molecule has 33 heavy (non-hydrogen) atoms. The molecule has 0 aromatic heterocycles. The highest BCUT2D eigenvalue weighted by molar-refractivity contribution is 5.86. The molecule has 6 heteroatoms. The highest BCUT2D eigenvalue weighted by Gasteiger charge is 2.16. The SMILES string of the molecule is COc1cc(/C=N\NC(=O)[C@H](O)c2ccccc2)ccc1OCc1cccc2ccccc12. The minimum Gasteiger partial charge on any atom is -0.493 e. The van der Waals surface area contributed by atoms with E-state index in [0.29, 0.717) is 29.2 Å². The number of rotatable bonds is 8. The van der Waals surface area contributed by atoms with Gasteiger partial charge in [0.05, 0.1) is 13.3 Å². The van der Waals surface area contributed by atoms with Crippen molar-refractivity contribution in [1.29, 1.82) is 0 Å². The minimum atomic E-state index is -1.29. The van der Waals surface area contributed by atoms with Gasteiger partial charge < -0.3 is 14.6 Å². The minimum absolute atomic E-state index is 0.401. The van der Waals surface area contributed by atoms with Crippen LogP contribution < -0.4 is 14.9 Å². The van der Waals surface area contributed by atoms with Crippen molar-refractivity contribution in [3.8, 4) is 11.5 Å². The van der Waals surface area contributed by atoms with Gasteiger partial charge in [-0.15, -0.1) is 0 Å². The van der Waals surface area contributed by atoms with Crippen molar-refractivity contribution >= 4 is 22.9 Å². The van der Waals surface area contributed by atoms with Crippen LogP contribution in [0.5, 0.6) is 11.5 Å². The molecule has 0 heterocycles. The summed E-state index contributed by atoms with van der Waals surface area (Å²) >= 11 is 0. The first kappa shape index (κ1) is 22.0. The van der Waals surface area contributed by atoms with Crippen LogP contribution in [0, 0.1) is 0 Å². The van der Waals surface area contributed by atoms with E-state index in [9.17, 15) is 9.90 Å². The molecule has 1 amide bonds. The smallest absolute Gasteiger partial charge is 0.273 e. The van der Waals surface area contributed by atoms with Gasteiger partial charge >= 0.3 is 0 Å². The Labute approximate surface area is 192 Å². The number of carbonyl (C=O) groups excluding carboxylic acids is 1. The lowest BCUT2D eigenvalue weighted by atomic mass is 10.1. The molecule has 0 aliphatic heterocycles. The zero-order valence-electron chi connectivity index (χ0n) is 18.1. The molecular weight excluding hydrogens is 416 g/mol. The summed E-state index contributed by atoms with van der Waals surface area (Å²) in [7, 11) is 1.57. The molecule has 2 N–H and O–H groups in total. The highest BCUT2D eigenvalue weighted by atomic mass is 16.5. The second-order valence-electron chi connectivity index (χ2n) is 7.38. The van der Waals surface area contributed by atoms with Gasteiger partial charge in [-0.3, -0.25) is 4.79 Å². The first-order chi connectivity index (χ1) is 16.2. The van der Waals surface area contributed by atoms with Crippen molar-refractivity contribution in [3.63, 3.8) is 0 Å². The first-order valence-electron chi connectivity index (χ1n) is 10.5. The maximum absolute atomic E-state index is 12.1. The van der Waals surface area contributed by atoms with E-state index in [1.54, 1.807) is 43.5 Å². The lowest BCUT2D eigenvalue weighted by molar-refractivity contribution is -0.129. The second-order valence-corrected chi connectivity index (χ2v) is 7.38. The van der Waals surface area contributed by atoms with Crippen molar-refractivity contribution in [2.24, 2.45) is 5.10 Å². The molecule has 166 valence electrons. The Bertz CT molecular complexity index is 1270. The molecule has 0 aliphatic rings. The largest absolute Gasteiger partial charge is 0.493 e. The number of hydrogen-bond acceptors (Lipinski definition) is 5. The summed E-state index contributed by atoms with van der Waals surface area (Å²) in [6.45, 7) is 0.401. The Kier molecular flexibility index (Phi) is 6.97. The molecule has 0 aliphatic carbocycles. The third-order valence-corrected chi connectivity index (χ3v) is 5.20. The van der Waals surface area contributed by atoms with Crippen molar-refractivity contribution in [2.75, 3.05) is 7.11 Å². The summed E-state index contributed by atoms with van der Waals surface area (Å²) in [4.78, 5) is 12.1. The van der Waals surface area contributed by atoms with E-state index in [0.717, 1.165) is 16.3 Å². The predicted octanol–water partition coefficient (Wildman–Crippen LogP) is 4.61. The molecule has 0 radical (unpaired) electrons. The fourth-order valence-corrected chi connectivity index (χ4v) is 3.48. The van der Waals surface area contributed by atoms with Crippen LogP contribution in [-0.2, 0) is 11.4 Å². The first-order valence-corrected chi connectivity index (χ1v) is 10.5. The molecule has 6 nitrogen and oxygen atoms in total. The van der Waals surface area contributed by atoms with Gasteiger partial charge in [-0.05, 0) is 45.7 Å². The average molecular weight is 440 g/mol. The molecule has 0 fully saturated rings. The second kappa shape index (κ2) is 10.4. The highest BCUT2D eigenvalue weighted by Crippen LogP contribution is 2.29.